The zero-order valence-corrected chi connectivity index (χ0v) is 12.3. The zero-order chi connectivity index (χ0) is 13.4. The van der Waals surface area contributed by atoms with Crippen LogP contribution in [0.15, 0.2) is 12.1 Å². The van der Waals surface area contributed by atoms with E-state index in [2.05, 4.69) is 12.2 Å². The monoisotopic (exact) mass is 291 g/mol. The molecule has 0 atom stereocenters. The molecule has 0 amide bonds. The number of benzene rings is 1. The van der Waals surface area contributed by atoms with Gasteiger partial charge in [0.05, 0.1) is 18.2 Å². The van der Waals surface area contributed by atoms with E-state index in [4.69, 9.17) is 32.7 Å². The average Bonchev–Trinajstić information content (AvgIpc) is 2.33. The fourth-order valence-electron chi connectivity index (χ4n) is 1.51. The van der Waals surface area contributed by atoms with Crippen LogP contribution in [-0.2, 0) is 11.3 Å². The van der Waals surface area contributed by atoms with Gasteiger partial charge in [-0.05, 0) is 18.6 Å². The third-order valence-electron chi connectivity index (χ3n) is 2.33. The third-order valence-corrected chi connectivity index (χ3v) is 2.83. The molecule has 0 saturated heterocycles. The van der Waals surface area contributed by atoms with Crippen molar-refractivity contribution in [3.63, 3.8) is 0 Å². The van der Waals surface area contributed by atoms with Crippen LogP contribution in [0, 0.1) is 0 Å². The minimum atomic E-state index is 0.555. The van der Waals surface area contributed by atoms with Crippen molar-refractivity contribution in [3.8, 4) is 5.75 Å². The Hall–Kier alpha value is -0.480. The molecule has 0 unspecified atom stereocenters. The Balaban J connectivity index is 2.72. The molecule has 5 heteroatoms. The maximum atomic E-state index is 6.15. The number of methoxy groups -OCH3 is 1. The van der Waals surface area contributed by atoms with Crippen LogP contribution >= 0.6 is 23.2 Å². The molecule has 0 saturated carbocycles. The molecule has 0 heterocycles. The van der Waals surface area contributed by atoms with E-state index < -0.39 is 0 Å². The molecule has 1 N–H and O–H groups in total. The summed E-state index contributed by atoms with van der Waals surface area (Å²) < 4.78 is 10.6. The molecule has 1 rings (SSSR count). The molecule has 1 aromatic carbocycles. The van der Waals surface area contributed by atoms with Crippen molar-refractivity contribution in [1.82, 2.24) is 5.32 Å². The van der Waals surface area contributed by atoms with Gasteiger partial charge in [0.1, 0.15) is 5.75 Å². The van der Waals surface area contributed by atoms with Crippen molar-refractivity contribution in [2.24, 2.45) is 0 Å². The van der Waals surface area contributed by atoms with Crippen LogP contribution in [0.2, 0.25) is 10.0 Å². The van der Waals surface area contributed by atoms with Crippen molar-refractivity contribution in [1.29, 1.82) is 0 Å². The Morgan fingerprint density at radius 1 is 1.22 bits per heavy atom. The number of rotatable bonds is 8. The maximum Gasteiger partial charge on any atom is 0.142 e. The first-order valence-corrected chi connectivity index (χ1v) is 6.75. The second-order valence-corrected chi connectivity index (χ2v) is 4.74. The highest BCUT2D eigenvalue weighted by Gasteiger charge is 2.10. The third kappa shape index (κ3) is 5.02. The summed E-state index contributed by atoms with van der Waals surface area (Å²) in [5.41, 5.74) is 0.969. The second kappa shape index (κ2) is 8.59. The smallest absolute Gasteiger partial charge is 0.142 e. The van der Waals surface area contributed by atoms with E-state index in [0.29, 0.717) is 35.6 Å². The summed E-state index contributed by atoms with van der Waals surface area (Å²) in [4.78, 5) is 0. The van der Waals surface area contributed by atoms with E-state index in [1.165, 1.54) is 0 Å². The lowest BCUT2D eigenvalue weighted by Gasteiger charge is -2.14. The minimum Gasteiger partial charge on any atom is -0.492 e. The maximum absolute atomic E-state index is 6.15. The normalized spacial score (nSPS) is 10.7. The molecule has 0 radical (unpaired) electrons. The largest absolute Gasteiger partial charge is 0.492 e. The first-order valence-electron chi connectivity index (χ1n) is 5.99. The highest BCUT2D eigenvalue weighted by Crippen LogP contribution is 2.32. The Morgan fingerprint density at radius 2 is 2.00 bits per heavy atom. The Morgan fingerprint density at radius 3 is 2.67 bits per heavy atom. The summed E-state index contributed by atoms with van der Waals surface area (Å²) in [5.74, 6) is 0.716. The lowest BCUT2D eigenvalue weighted by atomic mass is 10.2. The van der Waals surface area contributed by atoms with E-state index in [-0.39, 0.29) is 0 Å². The molecular weight excluding hydrogens is 273 g/mol. The first-order chi connectivity index (χ1) is 8.69. The Kier molecular flexibility index (Phi) is 7.44. The van der Waals surface area contributed by atoms with Gasteiger partial charge in [-0.1, -0.05) is 30.1 Å². The predicted molar refractivity (Wildman–Crippen MR) is 75.8 cm³/mol. The van der Waals surface area contributed by atoms with Gasteiger partial charge >= 0.3 is 0 Å². The highest BCUT2D eigenvalue weighted by molar-refractivity contribution is 6.35. The topological polar surface area (TPSA) is 30.5 Å². The number of hydrogen-bond donors (Lipinski definition) is 1. The van der Waals surface area contributed by atoms with E-state index in [1.807, 2.05) is 6.07 Å². The van der Waals surface area contributed by atoms with Crippen LogP contribution in [0.5, 0.6) is 5.75 Å². The van der Waals surface area contributed by atoms with E-state index in [0.717, 1.165) is 18.5 Å². The molecule has 18 heavy (non-hydrogen) atoms. The van der Waals surface area contributed by atoms with Gasteiger partial charge in [-0.3, -0.25) is 0 Å². The van der Waals surface area contributed by atoms with Crippen molar-refractivity contribution in [2.75, 3.05) is 26.9 Å². The van der Waals surface area contributed by atoms with E-state index in [9.17, 15) is 0 Å². The summed E-state index contributed by atoms with van der Waals surface area (Å²) in [6, 6.07) is 3.57. The number of hydrogen-bond acceptors (Lipinski definition) is 3. The molecule has 0 aliphatic heterocycles. The Labute approximate surface area is 118 Å². The van der Waals surface area contributed by atoms with Crippen molar-refractivity contribution >= 4 is 23.2 Å². The fraction of sp³-hybridized carbons (Fsp3) is 0.538. The minimum absolute atomic E-state index is 0.555. The van der Waals surface area contributed by atoms with Gasteiger partial charge in [-0.25, -0.2) is 0 Å². The summed E-state index contributed by atoms with van der Waals surface area (Å²) in [5, 5.41) is 4.42. The van der Waals surface area contributed by atoms with Crippen LogP contribution in [0.4, 0.5) is 0 Å². The Bertz CT molecular complexity index is 372. The summed E-state index contributed by atoms with van der Waals surface area (Å²) in [7, 11) is 1.67. The average molecular weight is 292 g/mol. The molecule has 102 valence electrons. The van der Waals surface area contributed by atoms with Crippen LogP contribution < -0.4 is 10.1 Å². The van der Waals surface area contributed by atoms with Crippen molar-refractivity contribution < 1.29 is 9.47 Å². The highest BCUT2D eigenvalue weighted by atomic mass is 35.5. The zero-order valence-electron chi connectivity index (χ0n) is 10.8. The van der Waals surface area contributed by atoms with Gasteiger partial charge < -0.3 is 14.8 Å². The number of halogens is 2. The first kappa shape index (κ1) is 15.6. The summed E-state index contributed by atoms with van der Waals surface area (Å²) in [6.45, 7) is 4.79. The van der Waals surface area contributed by atoms with Gasteiger partial charge in [0.15, 0.2) is 0 Å². The quantitative estimate of drug-likeness (QED) is 0.744. The number of ether oxygens (including phenoxy) is 2. The summed E-state index contributed by atoms with van der Waals surface area (Å²) in [6.07, 6.45) is 0.940. The van der Waals surface area contributed by atoms with Gasteiger partial charge in [-0.2, -0.15) is 0 Å². The molecule has 0 bridgehead atoms. The van der Waals surface area contributed by atoms with Gasteiger partial charge in [0.2, 0.25) is 0 Å². The molecule has 3 nitrogen and oxygen atoms in total. The van der Waals surface area contributed by atoms with Crippen LogP contribution in [-0.4, -0.2) is 26.9 Å². The fourth-order valence-corrected chi connectivity index (χ4v) is 2.10. The lowest BCUT2D eigenvalue weighted by molar-refractivity contribution is 0.199. The molecule has 1 aromatic rings. The van der Waals surface area contributed by atoms with Gasteiger partial charge in [0.25, 0.3) is 0 Å². The standard InChI is InChI=1S/C13H19Cl2NO2/c1-3-5-18-13-10(9-16-4-6-17-2)7-11(14)8-12(13)15/h7-8,16H,3-6,9H2,1-2H3. The SMILES string of the molecule is CCCOc1c(Cl)cc(Cl)cc1CNCCOC. The molecule has 0 fully saturated rings. The number of nitrogens with one attached hydrogen (secondary N) is 1. The van der Waals surface area contributed by atoms with Gasteiger partial charge in [-0.15, -0.1) is 0 Å². The molecule has 0 aliphatic carbocycles. The van der Waals surface area contributed by atoms with Crippen LogP contribution in [0.1, 0.15) is 18.9 Å². The lowest BCUT2D eigenvalue weighted by Crippen LogP contribution is -2.19. The predicted octanol–water partition coefficient (Wildman–Crippen LogP) is 3.52. The molecular formula is C13H19Cl2NO2. The van der Waals surface area contributed by atoms with E-state index >= 15 is 0 Å². The van der Waals surface area contributed by atoms with Gasteiger partial charge in [0, 0.05) is 30.8 Å². The summed E-state index contributed by atoms with van der Waals surface area (Å²) >= 11 is 12.2. The molecule has 0 aromatic heterocycles. The van der Waals surface area contributed by atoms with Crippen LogP contribution in [0.25, 0.3) is 0 Å². The second-order valence-electron chi connectivity index (χ2n) is 3.89. The van der Waals surface area contributed by atoms with Crippen LogP contribution in [0.3, 0.4) is 0 Å². The molecule has 0 aliphatic rings. The van der Waals surface area contributed by atoms with Crippen molar-refractivity contribution in [3.05, 3.63) is 27.7 Å². The van der Waals surface area contributed by atoms with Crippen molar-refractivity contribution in [2.45, 2.75) is 19.9 Å². The van der Waals surface area contributed by atoms with E-state index in [1.54, 1.807) is 13.2 Å². The molecule has 0 spiro atoms.